The molecule has 1 amide bonds. The molecule has 0 unspecified atom stereocenters. The van der Waals surface area contributed by atoms with Crippen LogP contribution < -0.4 is 5.32 Å². The first kappa shape index (κ1) is 13.2. The van der Waals surface area contributed by atoms with Crippen LogP contribution >= 0.6 is 11.3 Å². The van der Waals surface area contributed by atoms with Crippen molar-refractivity contribution in [2.24, 2.45) is 0 Å². The summed E-state index contributed by atoms with van der Waals surface area (Å²) in [6.07, 6.45) is 0. The number of aromatic nitrogens is 2. The molecule has 0 spiro atoms. The van der Waals surface area contributed by atoms with E-state index in [1.54, 1.807) is 0 Å². The molecule has 2 rings (SSSR count). The maximum atomic E-state index is 11.9. The Kier molecular flexibility index (Phi) is 3.06. The second-order valence-corrected chi connectivity index (χ2v) is 7.83. The molecule has 9 heteroatoms. The Morgan fingerprint density at radius 3 is 2.61 bits per heavy atom. The first-order valence-electron chi connectivity index (χ1n) is 5.43. The molecule has 0 radical (unpaired) electrons. The molecule has 0 bridgehead atoms. The number of anilines is 1. The van der Waals surface area contributed by atoms with E-state index in [1.165, 1.54) is 25.2 Å². The molecule has 2 heterocycles. The minimum absolute atomic E-state index is 0.0341. The summed E-state index contributed by atoms with van der Waals surface area (Å²) < 4.78 is 23.3. The van der Waals surface area contributed by atoms with Gasteiger partial charge in [-0.05, 0) is 20.8 Å². The van der Waals surface area contributed by atoms with Crippen molar-refractivity contribution in [3.63, 3.8) is 0 Å². The van der Waals surface area contributed by atoms with E-state index in [0.29, 0.717) is 16.7 Å². The highest BCUT2D eigenvalue weighted by molar-refractivity contribution is 7.94. The Bertz CT molecular complexity index is 578. The first-order chi connectivity index (χ1) is 8.30. The van der Waals surface area contributed by atoms with Gasteiger partial charge in [-0.3, -0.25) is 4.79 Å². The second-order valence-electron chi connectivity index (χ2n) is 4.36. The molecule has 1 aliphatic heterocycles. The van der Waals surface area contributed by atoms with Crippen LogP contribution in [0.25, 0.3) is 0 Å². The van der Waals surface area contributed by atoms with Crippen LogP contribution in [0.2, 0.25) is 0 Å². The average molecular weight is 290 g/mol. The van der Waals surface area contributed by atoms with Gasteiger partial charge in [0, 0.05) is 6.54 Å². The highest BCUT2D eigenvalue weighted by Crippen LogP contribution is 2.36. The molecular weight excluding hydrogens is 276 g/mol. The quantitative estimate of drug-likeness (QED) is 0.864. The molecule has 0 atom stereocenters. The summed E-state index contributed by atoms with van der Waals surface area (Å²) in [5.74, 6) is -0.400. The summed E-state index contributed by atoms with van der Waals surface area (Å²) in [5, 5.41) is 11.8. The van der Waals surface area contributed by atoms with Crippen molar-refractivity contribution in [2.75, 3.05) is 11.9 Å². The topological polar surface area (TPSA) is 92.3 Å². The van der Waals surface area contributed by atoms with E-state index in [-0.39, 0.29) is 6.54 Å². The van der Waals surface area contributed by atoms with Crippen molar-refractivity contribution in [1.82, 2.24) is 14.5 Å². The molecule has 0 aromatic carbocycles. The first-order valence-corrected chi connectivity index (χ1v) is 7.69. The molecule has 100 valence electrons. The second kappa shape index (κ2) is 4.16. The Morgan fingerprint density at radius 2 is 2.06 bits per heavy atom. The van der Waals surface area contributed by atoms with Crippen molar-refractivity contribution in [3.8, 4) is 0 Å². The zero-order valence-electron chi connectivity index (χ0n) is 10.3. The Balaban J connectivity index is 2.13. The number of carbonyl (C=O) groups excluding carboxylic acids is 1. The van der Waals surface area contributed by atoms with Gasteiger partial charge in [0.2, 0.25) is 5.13 Å². The average Bonchev–Trinajstić information content (AvgIpc) is 2.73. The van der Waals surface area contributed by atoms with Crippen molar-refractivity contribution in [1.29, 1.82) is 0 Å². The van der Waals surface area contributed by atoms with E-state index < -0.39 is 20.7 Å². The fourth-order valence-electron chi connectivity index (χ4n) is 1.58. The highest BCUT2D eigenvalue weighted by Gasteiger charge is 2.60. The van der Waals surface area contributed by atoms with Crippen LogP contribution in [0.3, 0.4) is 0 Å². The largest absolute Gasteiger partial charge is 0.360 e. The number of sulfonamides is 1. The molecule has 0 aliphatic carbocycles. The van der Waals surface area contributed by atoms with Gasteiger partial charge >= 0.3 is 0 Å². The van der Waals surface area contributed by atoms with Crippen LogP contribution in [0, 0.1) is 0 Å². The summed E-state index contributed by atoms with van der Waals surface area (Å²) in [7, 11) is -3.55. The minimum atomic E-state index is -3.55. The molecule has 1 saturated heterocycles. The summed E-state index contributed by atoms with van der Waals surface area (Å²) in [6, 6.07) is 0. The molecular formula is C9H14N4O3S2. The fourth-order valence-corrected chi connectivity index (χ4v) is 3.94. The SMILES string of the molecule is CCNc1nnc(CN2C(=O)C(C)(C)S2(=O)=O)s1. The van der Waals surface area contributed by atoms with Crippen LogP contribution in [0.1, 0.15) is 25.8 Å². The fraction of sp³-hybridized carbons (Fsp3) is 0.667. The van der Waals surface area contributed by atoms with Crippen LogP contribution in [-0.2, 0) is 21.4 Å². The molecule has 0 saturated carbocycles. The van der Waals surface area contributed by atoms with E-state index in [4.69, 9.17) is 0 Å². The third kappa shape index (κ3) is 1.77. The minimum Gasteiger partial charge on any atom is -0.360 e. The number of nitrogens with zero attached hydrogens (tertiary/aromatic N) is 3. The lowest BCUT2D eigenvalue weighted by Gasteiger charge is -2.42. The van der Waals surface area contributed by atoms with Crippen molar-refractivity contribution >= 4 is 32.4 Å². The van der Waals surface area contributed by atoms with Crippen molar-refractivity contribution in [3.05, 3.63) is 5.01 Å². The lowest BCUT2D eigenvalue weighted by molar-refractivity contribution is -0.132. The highest BCUT2D eigenvalue weighted by atomic mass is 32.2. The van der Waals surface area contributed by atoms with Crippen LogP contribution in [0.5, 0.6) is 0 Å². The summed E-state index contributed by atoms with van der Waals surface area (Å²) in [6.45, 7) is 5.42. The Hall–Kier alpha value is -1.22. The zero-order chi connectivity index (χ0) is 13.6. The van der Waals surface area contributed by atoms with Gasteiger partial charge in [-0.25, -0.2) is 12.7 Å². The predicted octanol–water partition coefficient (Wildman–Crippen LogP) is 0.420. The molecule has 7 nitrogen and oxygen atoms in total. The Labute approximate surface area is 109 Å². The van der Waals surface area contributed by atoms with E-state index >= 15 is 0 Å². The maximum absolute atomic E-state index is 11.9. The van der Waals surface area contributed by atoms with E-state index in [2.05, 4.69) is 15.5 Å². The number of amides is 1. The maximum Gasteiger partial charge on any atom is 0.259 e. The number of carbonyl (C=O) groups is 1. The van der Waals surface area contributed by atoms with Crippen molar-refractivity contribution in [2.45, 2.75) is 32.1 Å². The van der Waals surface area contributed by atoms with E-state index in [0.717, 1.165) is 4.31 Å². The number of nitrogens with one attached hydrogen (secondary N) is 1. The van der Waals surface area contributed by atoms with Gasteiger partial charge < -0.3 is 5.32 Å². The van der Waals surface area contributed by atoms with Gasteiger partial charge in [-0.15, -0.1) is 10.2 Å². The van der Waals surface area contributed by atoms with Gasteiger partial charge in [-0.2, -0.15) is 0 Å². The number of hydrogen-bond donors (Lipinski definition) is 1. The summed E-state index contributed by atoms with van der Waals surface area (Å²) in [5.41, 5.74) is 0. The molecule has 1 aliphatic rings. The molecule has 1 fully saturated rings. The van der Waals surface area contributed by atoms with Gasteiger partial charge in [0.05, 0.1) is 6.54 Å². The lowest BCUT2D eigenvalue weighted by Crippen LogP contribution is -2.66. The smallest absolute Gasteiger partial charge is 0.259 e. The van der Waals surface area contributed by atoms with Crippen LogP contribution in [0.15, 0.2) is 0 Å². The van der Waals surface area contributed by atoms with Gasteiger partial charge in [0.1, 0.15) is 5.01 Å². The molecule has 1 aromatic heterocycles. The van der Waals surface area contributed by atoms with E-state index in [9.17, 15) is 13.2 Å². The zero-order valence-corrected chi connectivity index (χ0v) is 11.9. The lowest BCUT2D eigenvalue weighted by atomic mass is 10.2. The van der Waals surface area contributed by atoms with Gasteiger partial charge in [0.15, 0.2) is 4.75 Å². The Morgan fingerprint density at radius 1 is 1.39 bits per heavy atom. The third-order valence-corrected chi connectivity index (χ3v) is 5.96. The number of rotatable bonds is 4. The van der Waals surface area contributed by atoms with Crippen molar-refractivity contribution < 1.29 is 13.2 Å². The molecule has 1 N–H and O–H groups in total. The normalized spacial score (nSPS) is 20.6. The third-order valence-electron chi connectivity index (χ3n) is 2.75. The standard InChI is InChI=1S/C9H14N4O3S2/c1-4-10-8-12-11-6(17-8)5-13-7(14)9(2,3)18(13,15)16/h4-5H2,1-3H3,(H,10,12). The predicted molar refractivity (Wildman–Crippen MR) is 67.6 cm³/mol. The number of hydrogen-bond acceptors (Lipinski definition) is 7. The molecule has 18 heavy (non-hydrogen) atoms. The van der Waals surface area contributed by atoms with Crippen LogP contribution in [0.4, 0.5) is 5.13 Å². The summed E-state index contributed by atoms with van der Waals surface area (Å²) in [4.78, 5) is 11.7. The van der Waals surface area contributed by atoms with E-state index in [1.807, 2.05) is 6.92 Å². The molecule has 1 aromatic rings. The van der Waals surface area contributed by atoms with Crippen LogP contribution in [-0.4, -0.2) is 40.1 Å². The summed E-state index contributed by atoms with van der Waals surface area (Å²) >= 11 is 1.25. The van der Waals surface area contributed by atoms with Gasteiger partial charge in [0.25, 0.3) is 15.9 Å². The van der Waals surface area contributed by atoms with Gasteiger partial charge in [-0.1, -0.05) is 11.3 Å². The monoisotopic (exact) mass is 290 g/mol.